The van der Waals surface area contributed by atoms with Crippen LogP contribution in [0.4, 0.5) is 18.9 Å². The van der Waals surface area contributed by atoms with E-state index in [1.165, 1.54) is 28.4 Å². The molecule has 0 aliphatic rings. The van der Waals surface area contributed by atoms with Crippen molar-refractivity contribution in [3.8, 4) is 0 Å². The van der Waals surface area contributed by atoms with Gasteiger partial charge in [0.15, 0.2) is 0 Å². The molecule has 0 fully saturated rings. The van der Waals surface area contributed by atoms with Crippen LogP contribution in [0.1, 0.15) is 26.6 Å². The average molecular weight is 314 g/mol. The van der Waals surface area contributed by atoms with Crippen LogP contribution in [0.5, 0.6) is 0 Å². The second-order valence-electron chi connectivity index (χ2n) is 4.61. The largest absolute Gasteiger partial charge is 0.418 e. The molecule has 0 saturated carbocycles. The highest BCUT2D eigenvalue weighted by Gasteiger charge is 2.34. The van der Waals surface area contributed by atoms with Gasteiger partial charge in [0, 0.05) is 23.7 Å². The Kier molecular flexibility index (Phi) is 4.32. The second kappa shape index (κ2) is 5.85. The van der Waals surface area contributed by atoms with Crippen LogP contribution in [-0.4, -0.2) is 18.3 Å². The van der Waals surface area contributed by atoms with Crippen LogP contribution < -0.4 is 4.90 Å². The quantitative estimate of drug-likeness (QED) is 0.802. The molecule has 21 heavy (non-hydrogen) atoms. The lowest BCUT2D eigenvalue weighted by Crippen LogP contribution is -2.21. The van der Waals surface area contributed by atoms with Crippen LogP contribution in [0.2, 0.25) is 0 Å². The molecule has 0 amide bonds. The highest BCUT2D eigenvalue weighted by molar-refractivity contribution is 7.09. The predicted octanol–water partition coefficient (Wildman–Crippen LogP) is 3.92. The maximum absolute atomic E-state index is 13.1. The highest BCUT2D eigenvalue weighted by atomic mass is 32.1. The van der Waals surface area contributed by atoms with E-state index in [9.17, 15) is 18.0 Å². The Labute approximate surface area is 124 Å². The molecule has 1 aromatic carbocycles. The molecule has 112 valence electrons. The Morgan fingerprint density at radius 3 is 2.62 bits per heavy atom. The number of hydrogen-bond donors (Lipinski definition) is 0. The van der Waals surface area contributed by atoms with Crippen molar-refractivity contribution >= 4 is 23.3 Å². The summed E-state index contributed by atoms with van der Waals surface area (Å²) in [6.45, 7) is 2.11. The topological polar surface area (TPSA) is 33.2 Å². The summed E-state index contributed by atoms with van der Waals surface area (Å²) >= 11 is 1.45. The lowest BCUT2D eigenvalue weighted by molar-refractivity contribution is -0.137. The van der Waals surface area contributed by atoms with Crippen molar-refractivity contribution in [2.45, 2.75) is 19.6 Å². The van der Waals surface area contributed by atoms with Gasteiger partial charge in [-0.15, -0.1) is 11.3 Å². The number of rotatable bonds is 4. The fourth-order valence-electron chi connectivity index (χ4n) is 2.00. The molecule has 0 unspecified atom stereocenters. The third-order valence-corrected chi connectivity index (χ3v) is 3.76. The molecule has 0 radical (unpaired) electrons. The smallest absolute Gasteiger partial charge is 0.368 e. The van der Waals surface area contributed by atoms with E-state index in [0.29, 0.717) is 12.0 Å². The molecule has 3 nitrogen and oxygen atoms in total. The van der Waals surface area contributed by atoms with Gasteiger partial charge in [0.1, 0.15) is 6.29 Å². The number of anilines is 1. The second-order valence-corrected chi connectivity index (χ2v) is 5.67. The molecule has 0 N–H and O–H groups in total. The normalized spacial score (nSPS) is 11.5. The molecule has 1 aromatic heterocycles. The number of halogens is 3. The molecule has 0 aliphatic heterocycles. The molecule has 0 aliphatic carbocycles. The number of aryl methyl sites for hydroxylation is 1. The number of aromatic nitrogens is 1. The van der Waals surface area contributed by atoms with Gasteiger partial charge < -0.3 is 4.90 Å². The average Bonchev–Trinajstić information content (AvgIpc) is 2.82. The lowest BCUT2D eigenvalue weighted by Gasteiger charge is -2.23. The number of hydrogen-bond acceptors (Lipinski definition) is 4. The molecule has 0 atom stereocenters. The van der Waals surface area contributed by atoms with E-state index in [-0.39, 0.29) is 17.8 Å². The Morgan fingerprint density at radius 1 is 1.38 bits per heavy atom. The Morgan fingerprint density at radius 2 is 2.10 bits per heavy atom. The van der Waals surface area contributed by atoms with Crippen molar-refractivity contribution in [3.63, 3.8) is 0 Å². The molecule has 0 spiro atoms. The van der Waals surface area contributed by atoms with Crippen LogP contribution >= 0.6 is 11.3 Å². The van der Waals surface area contributed by atoms with Crippen LogP contribution in [0.25, 0.3) is 0 Å². The summed E-state index contributed by atoms with van der Waals surface area (Å²) < 4.78 is 39.3. The summed E-state index contributed by atoms with van der Waals surface area (Å²) in [5.74, 6) is 0. The number of nitrogens with zero attached hydrogens (tertiary/aromatic N) is 2. The van der Waals surface area contributed by atoms with Crippen LogP contribution in [0, 0.1) is 6.92 Å². The number of carbonyl (C=O) groups is 1. The first-order valence-electron chi connectivity index (χ1n) is 6.10. The monoisotopic (exact) mass is 314 g/mol. The van der Waals surface area contributed by atoms with Gasteiger partial charge in [0.25, 0.3) is 0 Å². The van der Waals surface area contributed by atoms with Crippen LogP contribution in [-0.2, 0) is 12.7 Å². The number of carbonyl (C=O) groups excluding carboxylic acids is 1. The minimum atomic E-state index is -4.51. The van der Waals surface area contributed by atoms with Crippen LogP contribution in [0.3, 0.4) is 0 Å². The van der Waals surface area contributed by atoms with Crippen molar-refractivity contribution in [2.75, 3.05) is 11.9 Å². The van der Waals surface area contributed by atoms with Gasteiger partial charge in [0.05, 0.1) is 22.8 Å². The van der Waals surface area contributed by atoms with Gasteiger partial charge in [-0.05, 0) is 25.1 Å². The van der Waals surface area contributed by atoms with Gasteiger partial charge in [-0.3, -0.25) is 4.79 Å². The number of alkyl halides is 3. The Hall–Kier alpha value is -1.89. The van der Waals surface area contributed by atoms with Gasteiger partial charge in [-0.25, -0.2) is 4.98 Å². The third kappa shape index (κ3) is 3.60. The first kappa shape index (κ1) is 15.5. The molecular weight excluding hydrogens is 301 g/mol. The van der Waals surface area contributed by atoms with Crippen molar-refractivity contribution in [1.82, 2.24) is 4.98 Å². The fraction of sp³-hybridized carbons (Fsp3) is 0.286. The Balaban J connectivity index is 2.35. The first-order valence-corrected chi connectivity index (χ1v) is 6.98. The molecule has 2 rings (SSSR count). The third-order valence-electron chi connectivity index (χ3n) is 2.94. The number of benzene rings is 1. The maximum atomic E-state index is 13.1. The number of aldehydes is 1. The summed E-state index contributed by atoms with van der Waals surface area (Å²) in [7, 11) is 1.57. The maximum Gasteiger partial charge on any atom is 0.418 e. The zero-order chi connectivity index (χ0) is 15.6. The Bertz CT molecular complexity index is 652. The SMILES string of the molecule is Cc1nc(CN(C)c2ccc(C=O)cc2C(F)(F)F)cs1. The van der Waals surface area contributed by atoms with E-state index in [2.05, 4.69) is 4.98 Å². The lowest BCUT2D eigenvalue weighted by atomic mass is 10.1. The molecule has 0 saturated heterocycles. The van der Waals surface area contributed by atoms with E-state index in [4.69, 9.17) is 0 Å². The minimum absolute atomic E-state index is 0.00368. The van der Waals surface area contributed by atoms with Gasteiger partial charge >= 0.3 is 6.18 Å². The number of thiazole rings is 1. The molecule has 1 heterocycles. The van der Waals surface area contributed by atoms with E-state index < -0.39 is 11.7 Å². The predicted molar refractivity (Wildman–Crippen MR) is 75.8 cm³/mol. The van der Waals surface area contributed by atoms with Gasteiger partial charge in [-0.2, -0.15) is 13.2 Å². The zero-order valence-electron chi connectivity index (χ0n) is 11.4. The molecule has 0 bridgehead atoms. The van der Waals surface area contributed by atoms with Crippen molar-refractivity contribution in [3.05, 3.63) is 45.4 Å². The van der Waals surface area contributed by atoms with E-state index >= 15 is 0 Å². The van der Waals surface area contributed by atoms with Crippen LogP contribution in [0.15, 0.2) is 23.6 Å². The fourth-order valence-corrected chi connectivity index (χ4v) is 2.60. The van der Waals surface area contributed by atoms with E-state index in [1.54, 1.807) is 7.05 Å². The standard InChI is InChI=1S/C14H13F3N2OS/c1-9-18-11(8-21-9)6-19(2)13-4-3-10(7-20)5-12(13)14(15,16)17/h3-5,7-8H,6H2,1-2H3. The molecule has 7 heteroatoms. The van der Waals surface area contributed by atoms with Gasteiger partial charge in [-0.1, -0.05) is 0 Å². The minimum Gasteiger partial charge on any atom is -0.368 e. The van der Waals surface area contributed by atoms with Crippen molar-refractivity contribution in [2.24, 2.45) is 0 Å². The van der Waals surface area contributed by atoms with E-state index in [1.807, 2.05) is 12.3 Å². The summed E-state index contributed by atoms with van der Waals surface area (Å²) in [6, 6.07) is 3.55. The summed E-state index contributed by atoms with van der Waals surface area (Å²) in [5.41, 5.74) is -0.0723. The van der Waals surface area contributed by atoms with Crippen molar-refractivity contribution < 1.29 is 18.0 Å². The molecule has 2 aromatic rings. The first-order chi connectivity index (χ1) is 9.81. The summed E-state index contributed by atoms with van der Waals surface area (Å²) in [4.78, 5) is 16.4. The van der Waals surface area contributed by atoms with Gasteiger partial charge in [0.2, 0.25) is 0 Å². The summed E-state index contributed by atoms with van der Waals surface area (Å²) in [5, 5.41) is 2.68. The molecular formula is C14H13F3N2OS. The van der Waals surface area contributed by atoms with E-state index in [0.717, 1.165) is 11.1 Å². The van der Waals surface area contributed by atoms with Crippen molar-refractivity contribution in [1.29, 1.82) is 0 Å². The highest BCUT2D eigenvalue weighted by Crippen LogP contribution is 2.37. The zero-order valence-corrected chi connectivity index (χ0v) is 12.3. The summed E-state index contributed by atoms with van der Waals surface area (Å²) in [6.07, 6.45) is -4.11.